The molecule has 1 aromatic carbocycles. The van der Waals surface area contributed by atoms with E-state index in [1.165, 1.54) is 0 Å². The normalized spacial score (nSPS) is 21.0. The standard InChI is InChI=1S/C18H22N4O4/c1-10(19-2)8-20-9-11-3-4-12-13(7-11)18(26)22(17(12)25)14-5-6-15(23)21-16(14)24/h3-4,7,10,14,19-20H,5-6,8-9H2,1-2H3,(H,21,23,24). The lowest BCUT2D eigenvalue weighted by atomic mass is 10.0. The molecule has 3 N–H and O–H groups in total. The molecule has 3 rings (SSSR count). The summed E-state index contributed by atoms with van der Waals surface area (Å²) in [6.45, 7) is 3.39. The number of likely N-dealkylation sites (N-methyl/N-ethyl adjacent to an activating group) is 1. The van der Waals surface area contributed by atoms with Gasteiger partial charge in [0.05, 0.1) is 11.1 Å². The second-order valence-corrected chi connectivity index (χ2v) is 6.65. The number of hydrogen-bond donors (Lipinski definition) is 3. The largest absolute Gasteiger partial charge is 0.316 e. The molecule has 0 spiro atoms. The molecule has 1 fully saturated rings. The molecule has 2 atom stereocenters. The molecule has 2 unspecified atom stereocenters. The first-order chi connectivity index (χ1) is 12.4. The van der Waals surface area contributed by atoms with E-state index in [1.807, 2.05) is 7.05 Å². The second-order valence-electron chi connectivity index (χ2n) is 6.65. The van der Waals surface area contributed by atoms with Gasteiger partial charge in [0.2, 0.25) is 11.8 Å². The van der Waals surface area contributed by atoms with Crippen LogP contribution in [0.25, 0.3) is 0 Å². The van der Waals surface area contributed by atoms with Crippen LogP contribution in [0.3, 0.4) is 0 Å². The number of imide groups is 2. The number of piperidine rings is 1. The molecule has 8 nitrogen and oxygen atoms in total. The van der Waals surface area contributed by atoms with Gasteiger partial charge in [-0.2, -0.15) is 0 Å². The van der Waals surface area contributed by atoms with Gasteiger partial charge in [0, 0.05) is 25.6 Å². The maximum absolute atomic E-state index is 12.7. The number of fused-ring (bicyclic) bond motifs is 1. The van der Waals surface area contributed by atoms with Crippen LogP contribution in [0.1, 0.15) is 46.0 Å². The van der Waals surface area contributed by atoms with Crippen LogP contribution < -0.4 is 16.0 Å². The van der Waals surface area contributed by atoms with E-state index in [2.05, 4.69) is 22.9 Å². The summed E-state index contributed by atoms with van der Waals surface area (Å²) in [5.41, 5.74) is 1.49. The van der Waals surface area contributed by atoms with Gasteiger partial charge in [-0.3, -0.25) is 29.4 Å². The average Bonchev–Trinajstić information content (AvgIpc) is 2.86. The van der Waals surface area contributed by atoms with Crippen molar-refractivity contribution in [2.24, 2.45) is 0 Å². The van der Waals surface area contributed by atoms with Gasteiger partial charge in [0.25, 0.3) is 11.8 Å². The van der Waals surface area contributed by atoms with Crippen LogP contribution in [-0.4, -0.2) is 54.2 Å². The van der Waals surface area contributed by atoms with Gasteiger partial charge < -0.3 is 10.6 Å². The Labute approximate surface area is 151 Å². The molecule has 2 aliphatic rings. The lowest BCUT2D eigenvalue weighted by molar-refractivity contribution is -0.136. The Bertz CT molecular complexity index is 776. The first-order valence-corrected chi connectivity index (χ1v) is 8.65. The fourth-order valence-electron chi connectivity index (χ4n) is 3.16. The van der Waals surface area contributed by atoms with E-state index in [9.17, 15) is 19.2 Å². The van der Waals surface area contributed by atoms with E-state index in [-0.39, 0.29) is 18.7 Å². The van der Waals surface area contributed by atoms with Crippen molar-refractivity contribution >= 4 is 23.6 Å². The zero-order chi connectivity index (χ0) is 18.8. The Hall–Kier alpha value is -2.58. The zero-order valence-electron chi connectivity index (χ0n) is 14.8. The summed E-state index contributed by atoms with van der Waals surface area (Å²) in [7, 11) is 1.88. The van der Waals surface area contributed by atoms with Gasteiger partial charge in [-0.25, -0.2) is 0 Å². The Balaban J connectivity index is 1.75. The maximum Gasteiger partial charge on any atom is 0.262 e. The number of carbonyl (C=O) groups is 4. The highest BCUT2D eigenvalue weighted by Gasteiger charge is 2.44. The quantitative estimate of drug-likeness (QED) is 0.607. The van der Waals surface area contributed by atoms with Gasteiger partial charge in [-0.05, 0) is 38.1 Å². The summed E-state index contributed by atoms with van der Waals surface area (Å²) in [5.74, 6) is -1.95. The zero-order valence-corrected chi connectivity index (χ0v) is 14.8. The highest BCUT2D eigenvalue weighted by molar-refractivity contribution is 6.23. The second kappa shape index (κ2) is 7.35. The van der Waals surface area contributed by atoms with E-state index >= 15 is 0 Å². The lowest BCUT2D eigenvalue weighted by Crippen LogP contribution is -2.54. The van der Waals surface area contributed by atoms with E-state index in [0.717, 1.165) is 17.0 Å². The Morgan fingerprint density at radius 2 is 1.92 bits per heavy atom. The topological polar surface area (TPSA) is 108 Å². The van der Waals surface area contributed by atoms with Gasteiger partial charge >= 0.3 is 0 Å². The van der Waals surface area contributed by atoms with E-state index in [0.29, 0.717) is 23.7 Å². The summed E-state index contributed by atoms with van der Waals surface area (Å²) in [6, 6.07) is 4.50. The van der Waals surface area contributed by atoms with E-state index < -0.39 is 23.8 Å². The fraction of sp³-hybridized carbons (Fsp3) is 0.444. The van der Waals surface area contributed by atoms with Crippen molar-refractivity contribution in [1.29, 1.82) is 0 Å². The average molecular weight is 358 g/mol. The molecule has 8 heteroatoms. The molecular formula is C18H22N4O4. The summed E-state index contributed by atoms with van der Waals surface area (Å²) in [4.78, 5) is 49.6. The SMILES string of the molecule is CNC(C)CNCc1ccc2c(c1)C(=O)N(C1CCC(=O)NC1=O)C2=O. The van der Waals surface area contributed by atoms with Crippen molar-refractivity contribution in [3.8, 4) is 0 Å². The Morgan fingerprint density at radius 1 is 1.19 bits per heavy atom. The van der Waals surface area contributed by atoms with Gasteiger partial charge in [0.15, 0.2) is 0 Å². The van der Waals surface area contributed by atoms with Crippen molar-refractivity contribution in [1.82, 2.24) is 20.9 Å². The molecule has 1 aromatic rings. The van der Waals surface area contributed by atoms with Crippen LogP contribution in [-0.2, 0) is 16.1 Å². The maximum atomic E-state index is 12.7. The van der Waals surface area contributed by atoms with Crippen molar-refractivity contribution in [3.05, 3.63) is 34.9 Å². The predicted octanol–water partition coefficient (Wildman–Crippen LogP) is -0.215. The number of rotatable bonds is 6. The summed E-state index contributed by atoms with van der Waals surface area (Å²) in [6.07, 6.45) is 0.273. The minimum absolute atomic E-state index is 0.114. The Kier molecular flexibility index (Phi) is 5.15. The van der Waals surface area contributed by atoms with Crippen molar-refractivity contribution in [2.75, 3.05) is 13.6 Å². The third-order valence-corrected chi connectivity index (χ3v) is 4.78. The molecule has 26 heavy (non-hydrogen) atoms. The lowest BCUT2D eigenvalue weighted by Gasteiger charge is -2.27. The van der Waals surface area contributed by atoms with Gasteiger partial charge in [-0.1, -0.05) is 6.07 Å². The molecule has 4 amide bonds. The molecular weight excluding hydrogens is 336 g/mol. The number of amides is 4. The molecule has 138 valence electrons. The van der Waals surface area contributed by atoms with Crippen molar-refractivity contribution < 1.29 is 19.2 Å². The molecule has 0 saturated carbocycles. The molecule has 2 aliphatic heterocycles. The number of nitrogens with zero attached hydrogens (tertiary/aromatic N) is 1. The predicted molar refractivity (Wildman–Crippen MR) is 93.3 cm³/mol. The number of nitrogens with one attached hydrogen (secondary N) is 3. The van der Waals surface area contributed by atoms with Crippen LogP contribution in [0.2, 0.25) is 0 Å². The summed E-state index contributed by atoms with van der Waals surface area (Å²) >= 11 is 0. The monoisotopic (exact) mass is 358 g/mol. The van der Waals surface area contributed by atoms with Crippen molar-refractivity contribution in [2.45, 2.75) is 38.4 Å². The third-order valence-electron chi connectivity index (χ3n) is 4.78. The summed E-state index contributed by atoms with van der Waals surface area (Å²) < 4.78 is 0. The smallest absolute Gasteiger partial charge is 0.262 e. The Morgan fingerprint density at radius 3 is 2.62 bits per heavy atom. The van der Waals surface area contributed by atoms with Gasteiger partial charge in [0.1, 0.15) is 6.04 Å². The minimum atomic E-state index is -0.932. The van der Waals surface area contributed by atoms with Crippen LogP contribution in [0.4, 0.5) is 0 Å². The highest BCUT2D eigenvalue weighted by Crippen LogP contribution is 2.28. The molecule has 0 aliphatic carbocycles. The molecule has 2 heterocycles. The molecule has 0 aromatic heterocycles. The van der Waals surface area contributed by atoms with Crippen molar-refractivity contribution in [3.63, 3.8) is 0 Å². The van der Waals surface area contributed by atoms with E-state index in [4.69, 9.17) is 0 Å². The molecule has 0 radical (unpaired) electrons. The molecule has 1 saturated heterocycles. The highest BCUT2D eigenvalue weighted by atomic mass is 16.2. The number of carbonyl (C=O) groups excluding carboxylic acids is 4. The summed E-state index contributed by atoms with van der Waals surface area (Å²) in [5, 5.41) is 8.60. The molecule has 0 bridgehead atoms. The number of benzene rings is 1. The van der Waals surface area contributed by atoms with Crippen LogP contribution in [0.15, 0.2) is 18.2 Å². The third kappa shape index (κ3) is 3.38. The first kappa shape index (κ1) is 18.2. The van der Waals surface area contributed by atoms with Crippen LogP contribution in [0.5, 0.6) is 0 Å². The first-order valence-electron chi connectivity index (χ1n) is 8.65. The minimum Gasteiger partial charge on any atom is -0.316 e. The van der Waals surface area contributed by atoms with Crippen LogP contribution in [0, 0.1) is 0 Å². The number of hydrogen-bond acceptors (Lipinski definition) is 6. The fourth-order valence-corrected chi connectivity index (χ4v) is 3.16. The van der Waals surface area contributed by atoms with Gasteiger partial charge in [-0.15, -0.1) is 0 Å². The van der Waals surface area contributed by atoms with Crippen LogP contribution >= 0.6 is 0 Å². The van der Waals surface area contributed by atoms with E-state index in [1.54, 1.807) is 18.2 Å².